The lowest BCUT2D eigenvalue weighted by molar-refractivity contribution is -0.115. The lowest BCUT2D eigenvalue weighted by atomic mass is 10.1. The molecule has 0 spiro atoms. The van der Waals surface area contributed by atoms with E-state index in [0.717, 1.165) is 27.7 Å². The van der Waals surface area contributed by atoms with Gasteiger partial charge in [-0.3, -0.25) is 9.00 Å². The number of carbonyl (C=O) groups is 1. The van der Waals surface area contributed by atoms with Crippen molar-refractivity contribution in [1.29, 1.82) is 0 Å². The third-order valence-electron chi connectivity index (χ3n) is 4.60. The summed E-state index contributed by atoms with van der Waals surface area (Å²) in [6, 6.07) is 21.2. The number of hydrogen-bond donors (Lipinski definition) is 2. The molecule has 0 aliphatic carbocycles. The zero-order valence-corrected chi connectivity index (χ0v) is 16.6. The van der Waals surface area contributed by atoms with Crippen LogP contribution in [0.4, 0.5) is 5.69 Å². The van der Waals surface area contributed by atoms with Crippen LogP contribution in [-0.2, 0) is 33.5 Å². The lowest BCUT2D eigenvalue weighted by Gasteiger charge is -2.08. The molecule has 1 amide bonds. The summed E-state index contributed by atoms with van der Waals surface area (Å²) in [5, 5.41) is 3.89. The van der Waals surface area contributed by atoms with Crippen LogP contribution in [-0.4, -0.2) is 20.1 Å². The monoisotopic (exact) mass is 403 g/mol. The first-order chi connectivity index (χ1) is 14.2. The Balaban J connectivity index is 1.38. The number of nitrogens with zero attached hydrogens (tertiary/aromatic N) is 1. The number of fused-ring (bicyclic) bond motifs is 1. The van der Waals surface area contributed by atoms with E-state index in [0.29, 0.717) is 17.2 Å². The number of H-pyrrole nitrogens is 1. The molecule has 2 aromatic heterocycles. The fraction of sp³-hybridized carbons (Fsp3) is 0.130. The van der Waals surface area contributed by atoms with Crippen molar-refractivity contribution in [3.63, 3.8) is 0 Å². The maximum absolute atomic E-state index is 12.5. The van der Waals surface area contributed by atoms with Gasteiger partial charge < -0.3 is 10.3 Å². The SMILES string of the molecule is O=C(Cc1c[nH]c2ncccc12)Nc1cccc(CS(=O)Cc2ccccc2)c1. The van der Waals surface area contributed by atoms with Crippen molar-refractivity contribution in [1.82, 2.24) is 9.97 Å². The molecule has 0 saturated carbocycles. The number of nitrogens with one attached hydrogen (secondary N) is 2. The number of aromatic amines is 1. The maximum Gasteiger partial charge on any atom is 0.228 e. The summed E-state index contributed by atoms with van der Waals surface area (Å²) in [5.74, 6) is 0.871. The van der Waals surface area contributed by atoms with Crippen molar-refractivity contribution < 1.29 is 9.00 Å². The fourth-order valence-corrected chi connectivity index (χ4v) is 4.49. The van der Waals surface area contributed by atoms with Crippen molar-refractivity contribution in [2.75, 3.05) is 5.32 Å². The summed E-state index contributed by atoms with van der Waals surface area (Å²) in [4.78, 5) is 19.8. The first kappa shape index (κ1) is 19.1. The highest BCUT2D eigenvalue weighted by molar-refractivity contribution is 7.83. The van der Waals surface area contributed by atoms with Crippen LogP contribution in [0.2, 0.25) is 0 Å². The third-order valence-corrected chi connectivity index (χ3v) is 5.91. The number of amides is 1. The minimum Gasteiger partial charge on any atom is -0.346 e. The summed E-state index contributed by atoms with van der Waals surface area (Å²) in [6.07, 6.45) is 3.80. The number of carbonyl (C=O) groups excluding carboxylic acids is 1. The van der Waals surface area contributed by atoms with Crippen molar-refractivity contribution in [3.05, 3.63) is 95.8 Å². The second-order valence-corrected chi connectivity index (χ2v) is 8.31. The molecule has 2 heterocycles. The van der Waals surface area contributed by atoms with E-state index in [1.165, 1.54) is 0 Å². The van der Waals surface area contributed by atoms with E-state index in [1.807, 2.05) is 72.9 Å². The number of rotatable bonds is 7. The van der Waals surface area contributed by atoms with Crippen LogP contribution in [0.1, 0.15) is 16.7 Å². The van der Waals surface area contributed by atoms with E-state index in [1.54, 1.807) is 6.20 Å². The molecule has 2 N–H and O–H groups in total. The second kappa shape index (κ2) is 8.84. The summed E-state index contributed by atoms with van der Waals surface area (Å²) in [6.45, 7) is 0. The zero-order valence-electron chi connectivity index (χ0n) is 15.8. The normalized spacial score (nSPS) is 12.0. The molecule has 5 nitrogen and oxygen atoms in total. The van der Waals surface area contributed by atoms with Gasteiger partial charge in [-0.25, -0.2) is 4.98 Å². The Bertz CT molecular complexity index is 1150. The summed E-state index contributed by atoms with van der Waals surface area (Å²) >= 11 is 0. The molecule has 1 unspecified atom stereocenters. The van der Waals surface area contributed by atoms with Crippen molar-refractivity contribution in [2.45, 2.75) is 17.9 Å². The van der Waals surface area contributed by atoms with Gasteiger partial charge in [-0.2, -0.15) is 0 Å². The highest BCUT2D eigenvalue weighted by Gasteiger charge is 2.10. The highest BCUT2D eigenvalue weighted by atomic mass is 32.2. The molecule has 0 aliphatic heterocycles. The van der Waals surface area contributed by atoms with Gasteiger partial charge in [-0.15, -0.1) is 0 Å². The van der Waals surface area contributed by atoms with Gasteiger partial charge in [-0.1, -0.05) is 42.5 Å². The second-order valence-electron chi connectivity index (χ2n) is 6.85. The number of pyridine rings is 1. The molecule has 29 heavy (non-hydrogen) atoms. The first-order valence-electron chi connectivity index (χ1n) is 9.36. The number of benzene rings is 2. The zero-order chi connectivity index (χ0) is 20.1. The van der Waals surface area contributed by atoms with E-state index in [-0.39, 0.29) is 12.3 Å². The van der Waals surface area contributed by atoms with Crippen molar-refractivity contribution in [3.8, 4) is 0 Å². The Morgan fingerprint density at radius 2 is 1.76 bits per heavy atom. The number of aromatic nitrogens is 2. The third kappa shape index (κ3) is 4.97. The van der Waals surface area contributed by atoms with Gasteiger partial charge in [0.05, 0.1) is 6.42 Å². The summed E-state index contributed by atoms with van der Waals surface area (Å²) in [5.41, 5.74) is 4.39. The van der Waals surface area contributed by atoms with Crippen LogP contribution >= 0.6 is 0 Å². The first-order valence-corrected chi connectivity index (χ1v) is 10.8. The molecule has 0 radical (unpaired) electrons. The molecule has 0 aliphatic rings. The Labute approximate surface area is 171 Å². The van der Waals surface area contributed by atoms with Gasteiger partial charge in [0.1, 0.15) is 5.65 Å². The van der Waals surface area contributed by atoms with Crippen LogP contribution in [0, 0.1) is 0 Å². The molecular formula is C23H21N3O2S. The Morgan fingerprint density at radius 1 is 0.966 bits per heavy atom. The van der Waals surface area contributed by atoms with Crippen molar-refractivity contribution >= 4 is 33.4 Å². The molecule has 0 saturated heterocycles. The standard InChI is InChI=1S/C23H21N3O2S/c27-22(13-19-14-25-23-21(19)10-5-11-24-23)26-20-9-4-8-18(12-20)16-29(28)15-17-6-2-1-3-7-17/h1-12,14H,13,15-16H2,(H,24,25)(H,26,27). The van der Waals surface area contributed by atoms with Gasteiger partial charge in [0, 0.05) is 45.8 Å². The predicted octanol–water partition coefficient (Wildman–Crippen LogP) is 4.19. The molecule has 4 rings (SSSR count). The van der Waals surface area contributed by atoms with E-state index in [2.05, 4.69) is 15.3 Å². The average molecular weight is 404 g/mol. The minimum absolute atomic E-state index is 0.0997. The largest absolute Gasteiger partial charge is 0.346 e. The molecule has 1 atom stereocenters. The van der Waals surface area contributed by atoms with Gasteiger partial charge in [0.25, 0.3) is 0 Å². The quantitative estimate of drug-likeness (QED) is 0.486. The maximum atomic E-state index is 12.5. The predicted molar refractivity (Wildman–Crippen MR) is 117 cm³/mol. The minimum atomic E-state index is -1.01. The Hall–Kier alpha value is -3.25. The van der Waals surface area contributed by atoms with Crippen LogP contribution in [0.15, 0.2) is 79.1 Å². The Kier molecular flexibility index (Phi) is 5.81. The molecule has 2 aromatic carbocycles. The van der Waals surface area contributed by atoms with Gasteiger partial charge in [-0.05, 0) is 41.0 Å². The molecule has 4 aromatic rings. The number of anilines is 1. The molecule has 0 bridgehead atoms. The molecule has 146 valence electrons. The Morgan fingerprint density at radius 3 is 2.62 bits per heavy atom. The van der Waals surface area contributed by atoms with E-state index in [4.69, 9.17) is 0 Å². The van der Waals surface area contributed by atoms with Crippen LogP contribution in [0.5, 0.6) is 0 Å². The topological polar surface area (TPSA) is 74.8 Å². The fourth-order valence-electron chi connectivity index (χ4n) is 3.27. The summed E-state index contributed by atoms with van der Waals surface area (Å²) in [7, 11) is -1.01. The van der Waals surface area contributed by atoms with Gasteiger partial charge in [0.15, 0.2) is 0 Å². The highest BCUT2D eigenvalue weighted by Crippen LogP contribution is 2.18. The average Bonchev–Trinajstić information content (AvgIpc) is 3.12. The summed E-state index contributed by atoms with van der Waals surface area (Å²) < 4.78 is 12.5. The molecular weight excluding hydrogens is 382 g/mol. The molecule has 0 fully saturated rings. The van der Waals surface area contributed by atoms with Crippen LogP contribution in [0.25, 0.3) is 11.0 Å². The van der Waals surface area contributed by atoms with Gasteiger partial charge >= 0.3 is 0 Å². The smallest absolute Gasteiger partial charge is 0.228 e. The van der Waals surface area contributed by atoms with Crippen LogP contribution < -0.4 is 5.32 Å². The van der Waals surface area contributed by atoms with E-state index in [9.17, 15) is 9.00 Å². The number of hydrogen-bond acceptors (Lipinski definition) is 3. The van der Waals surface area contributed by atoms with Gasteiger partial charge in [0.2, 0.25) is 5.91 Å². The lowest BCUT2D eigenvalue weighted by Crippen LogP contribution is -2.14. The molecule has 6 heteroatoms. The van der Waals surface area contributed by atoms with E-state index < -0.39 is 10.8 Å². The van der Waals surface area contributed by atoms with Crippen molar-refractivity contribution in [2.24, 2.45) is 0 Å². The van der Waals surface area contributed by atoms with E-state index >= 15 is 0 Å². The van der Waals surface area contributed by atoms with Crippen LogP contribution in [0.3, 0.4) is 0 Å².